The molecular weight excluding hydrogens is 261 g/mol. The van der Waals surface area contributed by atoms with E-state index >= 15 is 0 Å². The van der Waals surface area contributed by atoms with Gasteiger partial charge in [0.05, 0.1) is 5.56 Å². The van der Waals surface area contributed by atoms with Crippen LogP contribution in [0.1, 0.15) is 18.4 Å². The molecule has 18 heavy (non-hydrogen) atoms. The summed E-state index contributed by atoms with van der Waals surface area (Å²) in [5.74, 6) is 0. The molecule has 1 fully saturated rings. The third kappa shape index (κ3) is 3.13. The lowest BCUT2D eigenvalue weighted by molar-refractivity contribution is -0.137. The van der Waals surface area contributed by atoms with E-state index in [-0.39, 0.29) is 0 Å². The second-order valence-corrected chi connectivity index (χ2v) is 4.59. The van der Waals surface area contributed by atoms with Gasteiger partial charge in [0.25, 0.3) is 0 Å². The molecule has 1 N–H and O–H groups in total. The molecule has 0 aromatic heterocycles. The maximum absolute atomic E-state index is 12.4. The van der Waals surface area contributed by atoms with Gasteiger partial charge in [0.15, 0.2) is 5.11 Å². The van der Waals surface area contributed by atoms with Crippen molar-refractivity contribution in [2.24, 2.45) is 0 Å². The number of hydrogen-bond donors (Lipinski definition) is 1. The normalized spacial score (nSPS) is 15.8. The SMILES string of the molecule is FC(F)(F)c1ccc(NC(=S)N2CCCC2)cc1. The first kappa shape index (κ1) is 13.1. The van der Waals surface area contributed by atoms with Gasteiger partial charge < -0.3 is 10.2 Å². The van der Waals surface area contributed by atoms with Crippen molar-refractivity contribution in [3.05, 3.63) is 29.8 Å². The second kappa shape index (κ2) is 5.14. The zero-order chi connectivity index (χ0) is 13.2. The van der Waals surface area contributed by atoms with Crippen LogP contribution in [-0.2, 0) is 6.18 Å². The molecule has 0 amide bonds. The van der Waals surface area contributed by atoms with Crippen LogP contribution in [-0.4, -0.2) is 23.1 Å². The Kier molecular flexibility index (Phi) is 3.75. The lowest BCUT2D eigenvalue weighted by Crippen LogP contribution is -2.31. The van der Waals surface area contributed by atoms with E-state index in [0.717, 1.165) is 38.1 Å². The van der Waals surface area contributed by atoms with Gasteiger partial charge in [-0.1, -0.05) is 0 Å². The molecule has 2 nitrogen and oxygen atoms in total. The molecule has 0 radical (unpaired) electrons. The summed E-state index contributed by atoms with van der Waals surface area (Å²) in [6.07, 6.45) is -2.09. The molecule has 0 unspecified atom stereocenters. The summed E-state index contributed by atoms with van der Waals surface area (Å²) in [4.78, 5) is 2.02. The van der Waals surface area contributed by atoms with E-state index in [4.69, 9.17) is 12.2 Å². The van der Waals surface area contributed by atoms with Crippen molar-refractivity contribution in [2.75, 3.05) is 18.4 Å². The molecule has 1 aliphatic rings. The van der Waals surface area contributed by atoms with E-state index in [1.807, 2.05) is 4.90 Å². The predicted molar refractivity (Wildman–Crippen MR) is 68.5 cm³/mol. The van der Waals surface area contributed by atoms with Gasteiger partial charge in [-0.2, -0.15) is 13.2 Å². The Labute approximate surface area is 109 Å². The van der Waals surface area contributed by atoms with Crippen LogP contribution in [0.25, 0.3) is 0 Å². The van der Waals surface area contributed by atoms with Crippen LogP contribution < -0.4 is 5.32 Å². The molecule has 0 atom stereocenters. The van der Waals surface area contributed by atoms with Crippen LogP contribution >= 0.6 is 12.2 Å². The number of hydrogen-bond acceptors (Lipinski definition) is 1. The van der Waals surface area contributed by atoms with Crippen molar-refractivity contribution in [1.29, 1.82) is 0 Å². The van der Waals surface area contributed by atoms with Crippen LogP contribution in [0.4, 0.5) is 18.9 Å². The maximum Gasteiger partial charge on any atom is 0.416 e. The van der Waals surface area contributed by atoms with E-state index in [1.54, 1.807) is 0 Å². The highest BCUT2D eigenvalue weighted by Gasteiger charge is 2.30. The first-order valence-electron chi connectivity index (χ1n) is 5.70. The summed E-state index contributed by atoms with van der Waals surface area (Å²) in [6, 6.07) is 4.89. The summed E-state index contributed by atoms with van der Waals surface area (Å²) >= 11 is 5.19. The molecule has 1 aliphatic heterocycles. The summed E-state index contributed by atoms with van der Waals surface area (Å²) in [5.41, 5.74) is -0.0694. The van der Waals surface area contributed by atoms with Gasteiger partial charge in [0.2, 0.25) is 0 Å². The molecule has 1 aromatic carbocycles. The second-order valence-electron chi connectivity index (χ2n) is 4.20. The Morgan fingerprint density at radius 3 is 2.17 bits per heavy atom. The predicted octanol–water partition coefficient (Wildman–Crippen LogP) is 3.50. The number of halogens is 3. The van der Waals surface area contributed by atoms with Crippen molar-refractivity contribution in [3.63, 3.8) is 0 Å². The standard InChI is InChI=1S/C12H13F3N2S/c13-12(14,15)9-3-5-10(6-4-9)16-11(18)17-7-1-2-8-17/h3-6H,1-2,7-8H2,(H,16,18). The van der Waals surface area contributed by atoms with Gasteiger partial charge in [0, 0.05) is 18.8 Å². The fraction of sp³-hybridized carbons (Fsp3) is 0.417. The maximum atomic E-state index is 12.4. The Hall–Kier alpha value is -1.30. The van der Waals surface area contributed by atoms with Crippen LogP contribution in [0.5, 0.6) is 0 Å². The number of anilines is 1. The number of likely N-dealkylation sites (tertiary alicyclic amines) is 1. The van der Waals surface area contributed by atoms with Gasteiger partial charge in [-0.05, 0) is 49.3 Å². The summed E-state index contributed by atoms with van der Waals surface area (Å²) in [5, 5.41) is 3.53. The Balaban J connectivity index is 2.00. The molecule has 0 bridgehead atoms. The van der Waals surface area contributed by atoms with Crippen molar-refractivity contribution in [1.82, 2.24) is 4.90 Å². The largest absolute Gasteiger partial charge is 0.416 e. The Morgan fingerprint density at radius 2 is 1.67 bits per heavy atom. The fourth-order valence-electron chi connectivity index (χ4n) is 1.87. The molecule has 6 heteroatoms. The number of alkyl halides is 3. The Bertz CT molecular complexity index is 422. The van der Waals surface area contributed by atoms with Gasteiger partial charge >= 0.3 is 6.18 Å². The number of benzene rings is 1. The summed E-state index contributed by atoms with van der Waals surface area (Å²) in [7, 11) is 0. The minimum Gasteiger partial charge on any atom is -0.349 e. The molecule has 1 aromatic rings. The molecule has 0 spiro atoms. The van der Waals surface area contributed by atoms with Crippen molar-refractivity contribution in [3.8, 4) is 0 Å². The van der Waals surface area contributed by atoms with E-state index < -0.39 is 11.7 Å². The molecule has 0 aliphatic carbocycles. The van der Waals surface area contributed by atoms with E-state index in [9.17, 15) is 13.2 Å². The average molecular weight is 274 g/mol. The molecule has 1 heterocycles. The van der Waals surface area contributed by atoms with Crippen molar-refractivity contribution < 1.29 is 13.2 Å². The molecule has 2 rings (SSSR count). The Morgan fingerprint density at radius 1 is 1.11 bits per heavy atom. The molecular formula is C12H13F3N2S. The number of nitrogens with zero attached hydrogens (tertiary/aromatic N) is 1. The minimum absolute atomic E-state index is 0.576. The third-order valence-corrected chi connectivity index (χ3v) is 3.22. The molecule has 98 valence electrons. The fourth-order valence-corrected chi connectivity index (χ4v) is 2.17. The van der Waals surface area contributed by atoms with Gasteiger partial charge in [-0.15, -0.1) is 0 Å². The van der Waals surface area contributed by atoms with Gasteiger partial charge in [0.1, 0.15) is 0 Å². The lowest BCUT2D eigenvalue weighted by Gasteiger charge is -2.19. The van der Waals surface area contributed by atoms with Crippen LogP contribution in [0.15, 0.2) is 24.3 Å². The monoisotopic (exact) mass is 274 g/mol. The van der Waals surface area contributed by atoms with Crippen LogP contribution in [0, 0.1) is 0 Å². The van der Waals surface area contributed by atoms with Crippen molar-refractivity contribution >= 4 is 23.0 Å². The summed E-state index contributed by atoms with van der Waals surface area (Å²) in [6.45, 7) is 1.82. The van der Waals surface area contributed by atoms with Crippen LogP contribution in [0.2, 0.25) is 0 Å². The number of nitrogens with one attached hydrogen (secondary N) is 1. The van der Waals surface area contributed by atoms with E-state index in [0.29, 0.717) is 10.8 Å². The average Bonchev–Trinajstić information content (AvgIpc) is 2.82. The number of thiocarbonyl (C=S) groups is 1. The topological polar surface area (TPSA) is 15.3 Å². The highest BCUT2D eigenvalue weighted by atomic mass is 32.1. The van der Waals surface area contributed by atoms with Gasteiger partial charge in [-0.3, -0.25) is 0 Å². The molecule has 1 saturated heterocycles. The summed E-state index contributed by atoms with van der Waals surface area (Å²) < 4.78 is 37.1. The zero-order valence-electron chi connectivity index (χ0n) is 9.63. The van der Waals surface area contributed by atoms with E-state index in [1.165, 1.54) is 12.1 Å². The third-order valence-electron chi connectivity index (χ3n) is 2.86. The quantitative estimate of drug-likeness (QED) is 0.789. The zero-order valence-corrected chi connectivity index (χ0v) is 10.4. The highest BCUT2D eigenvalue weighted by molar-refractivity contribution is 7.80. The van der Waals surface area contributed by atoms with Gasteiger partial charge in [-0.25, -0.2) is 0 Å². The van der Waals surface area contributed by atoms with Crippen molar-refractivity contribution in [2.45, 2.75) is 19.0 Å². The first-order chi connectivity index (χ1) is 8.47. The van der Waals surface area contributed by atoms with Crippen LogP contribution in [0.3, 0.4) is 0 Å². The first-order valence-corrected chi connectivity index (χ1v) is 6.11. The van der Waals surface area contributed by atoms with E-state index in [2.05, 4.69) is 5.32 Å². The number of rotatable bonds is 1. The lowest BCUT2D eigenvalue weighted by atomic mass is 10.2. The minimum atomic E-state index is -4.30. The smallest absolute Gasteiger partial charge is 0.349 e. The molecule has 0 saturated carbocycles. The highest BCUT2D eigenvalue weighted by Crippen LogP contribution is 2.29.